The monoisotopic (exact) mass is 203 g/mol. The zero-order valence-corrected chi connectivity index (χ0v) is 9.25. The van der Waals surface area contributed by atoms with Gasteiger partial charge in [-0.1, -0.05) is 12.1 Å². The maximum absolute atomic E-state index is 8.96. The molecule has 1 aromatic rings. The second kappa shape index (κ2) is 4.43. The van der Waals surface area contributed by atoms with Gasteiger partial charge in [-0.05, 0) is 37.5 Å². The molecule has 4 N–H and O–H groups in total. The number of nitrogens with two attached hydrogens (primary N) is 2. The SMILES string of the molecule is CC(C)(N)Cc1cc(CN)ccc1C#N. The van der Waals surface area contributed by atoms with Crippen molar-refractivity contribution < 1.29 is 0 Å². The highest BCUT2D eigenvalue weighted by atomic mass is 14.7. The van der Waals surface area contributed by atoms with Gasteiger partial charge in [-0.25, -0.2) is 0 Å². The van der Waals surface area contributed by atoms with Crippen LogP contribution in [0.2, 0.25) is 0 Å². The molecule has 0 bridgehead atoms. The predicted molar refractivity (Wildman–Crippen MR) is 61.0 cm³/mol. The molecule has 0 unspecified atom stereocenters. The first kappa shape index (κ1) is 11.7. The van der Waals surface area contributed by atoms with E-state index in [4.69, 9.17) is 16.7 Å². The van der Waals surface area contributed by atoms with Crippen LogP contribution in [-0.2, 0) is 13.0 Å². The highest BCUT2D eigenvalue weighted by Crippen LogP contribution is 2.16. The van der Waals surface area contributed by atoms with Crippen LogP contribution in [0, 0.1) is 11.3 Å². The van der Waals surface area contributed by atoms with Crippen molar-refractivity contribution in [2.45, 2.75) is 32.4 Å². The molecule has 0 saturated heterocycles. The largest absolute Gasteiger partial charge is 0.326 e. The van der Waals surface area contributed by atoms with Crippen molar-refractivity contribution in [2.75, 3.05) is 0 Å². The van der Waals surface area contributed by atoms with Crippen LogP contribution in [0.3, 0.4) is 0 Å². The minimum absolute atomic E-state index is 0.307. The predicted octanol–water partition coefficient (Wildman–Crippen LogP) is 1.30. The molecule has 0 amide bonds. The molecule has 0 fully saturated rings. The number of benzene rings is 1. The standard InChI is InChI=1S/C12H17N3/c1-12(2,15)6-11-5-9(7-13)3-4-10(11)8-14/h3-5H,6-7,13,15H2,1-2H3. The third-order valence-corrected chi connectivity index (χ3v) is 2.17. The Balaban J connectivity index is 3.08. The molecule has 3 heteroatoms. The number of nitriles is 1. The van der Waals surface area contributed by atoms with Gasteiger partial charge in [0.2, 0.25) is 0 Å². The van der Waals surface area contributed by atoms with Crippen molar-refractivity contribution in [3.05, 3.63) is 34.9 Å². The minimum Gasteiger partial charge on any atom is -0.326 e. The van der Waals surface area contributed by atoms with Crippen LogP contribution in [0.25, 0.3) is 0 Å². The van der Waals surface area contributed by atoms with Crippen LogP contribution >= 0.6 is 0 Å². The van der Waals surface area contributed by atoms with Gasteiger partial charge in [0.25, 0.3) is 0 Å². The Bertz CT molecular complexity index is 383. The zero-order valence-electron chi connectivity index (χ0n) is 9.25. The number of nitrogens with zero attached hydrogens (tertiary/aromatic N) is 1. The summed E-state index contributed by atoms with van der Waals surface area (Å²) in [4.78, 5) is 0. The quantitative estimate of drug-likeness (QED) is 0.777. The summed E-state index contributed by atoms with van der Waals surface area (Å²) in [6, 6.07) is 7.83. The molecule has 0 spiro atoms. The van der Waals surface area contributed by atoms with E-state index in [1.54, 1.807) is 0 Å². The van der Waals surface area contributed by atoms with Crippen LogP contribution in [0.4, 0.5) is 0 Å². The summed E-state index contributed by atoms with van der Waals surface area (Å²) < 4.78 is 0. The lowest BCUT2D eigenvalue weighted by atomic mass is 9.92. The zero-order chi connectivity index (χ0) is 11.5. The Labute approximate surface area is 90.7 Å². The average molecular weight is 203 g/mol. The first-order valence-electron chi connectivity index (χ1n) is 4.97. The summed E-state index contributed by atoms with van der Waals surface area (Å²) in [7, 11) is 0. The first-order valence-corrected chi connectivity index (χ1v) is 4.97. The number of rotatable bonds is 3. The van der Waals surface area contributed by atoms with Crippen LogP contribution in [0.15, 0.2) is 18.2 Å². The van der Waals surface area contributed by atoms with Crippen LogP contribution in [0.1, 0.15) is 30.5 Å². The summed E-state index contributed by atoms with van der Waals surface area (Å²) in [6.07, 6.45) is 0.684. The third-order valence-electron chi connectivity index (χ3n) is 2.17. The number of hydrogen-bond acceptors (Lipinski definition) is 3. The first-order chi connectivity index (χ1) is 6.96. The molecule has 3 nitrogen and oxygen atoms in total. The van der Waals surface area contributed by atoms with Gasteiger partial charge >= 0.3 is 0 Å². The van der Waals surface area contributed by atoms with Crippen molar-refractivity contribution in [2.24, 2.45) is 11.5 Å². The molecule has 0 atom stereocenters. The molecule has 0 aromatic heterocycles. The van der Waals surface area contributed by atoms with E-state index in [2.05, 4.69) is 6.07 Å². The molecular formula is C12H17N3. The maximum atomic E-state index is 8.96. The maximum Gasteiger partial charge on any atom is 0.0994 e. The van der Waals surface area contributed by atoms with E-state index < -0.39 is 0 Å². The highest BCUT2D eigenvalue weighted by molar-refractivity contribution is 5.41. The fourth-order valence-electron chi connectivity index (χ4n) is 1.52. The van der Waals surface area contributed by atoms with Crippen LogP contribution in [-0.4, -0.2) is 5.54 Å². The molecule has 0 aliphatic heterocycles. The second-order valence-corrected chi connectivity index (χ2v) is 4.47. The molecule has 80 valence electrons. The lowest BCUT2D eigenvalue weighted by Crippen LogP contribution is -2.34. The molecule has 0 aliphatic rings. The smallest absolute Gasteiger partial charge is 0.0994 e. The van der Waals surface area contributed by atoms with Crippen molar-refractivity contribution in [1.82, 2.24) is 0 Å². The summed E-state index contributed by atoms with van der Waals surface area (Å²) in [5.41, 5.74) is 13.9. The number of hydrogen-bond donors (Lipinski definition) is 2. The van der Waals surface area contributed by atoms with Crippen molar-refractivity contribution >= 4 is 0 Å². The van der Waals surface area contributed by atoms with E-state index in [0.29, 0.717) is 18.5 Å². The van der Waals surface area contributed by atoms with Gasteiger partial charge in [0, 0.05) is 12.1 Å². The molecule has 0 aliphatic carbocycles. The summed E-state index contributed by atoms with van der Waals surface area (Å²) in [6.45, 7) is 4.39. The van der Waals surface area contributed by atoms with Gasteiger partial charge in [-0.3, -0.25) is 0 Å². The highest BCUT2D eigenvalue weighted by Gasteiger charge is 2.14. The molecule has 0 heterocycles. The molecule has 0 radical (unpaired) electrons. The molecule has 0 saturated carbocycles. The minimum atomic E-state index is -0.307. The fourth-order valence-corrected chi connectivity index (χ4v) is 1.52. The van der Waals surface area contributed by atoms with E-state index in [9.17, 15) is 0 Å². The third kappa shape index (κ3) is 3.35. The molecule has 15 heavy (non-hydrogen) atoms. The van der Waals surface area contributed by atoms with Crippen LogP contribution in [0.5, 0.6) is 0 Å². The van der Waals surface area contributed by atoms with Gasteiger partial charge in [0.1, 0.15) is 0 Å². The van der Waals surface area contributed by atoms with E-state index in [0.717, 1.165) is 11.1 Å². The van der Waals surface area contributed by atoms with Gasteiger partial charge in [-0.2, -0.15) is 5.26 Å². The van der Waals surface area contributed by atoms with Gasteiger partial charge in [-0.15, -0.1) is 0 Å². The average Bonchev–Trinajstić information content (AvgIpc) is 2.15. The Morgan fingerprint density at radius 1 is 1.40 bits per heavy atom. The topological polar surface area (TPSA) is 75.8 Å². The normalized spacial score (nSPS) is 11.1. The Hall–Kier alpha value is -1.37. The Kier molecular flexibility index (Phi) is 3.46. The summed E-state index contributed by atoms with van der Waals surface area (Å²) >= 11 is 0. The van der Waals surface area contributed by atoms with Crippen molar-refractivity contribution in [1.29, 1.82) is 5.26 Å². The van der Waals surface area contributed by atoms with E-state index >= 15 is 0 Å². The van der Waals surface area contributed by atoms with Crippen LogP contribution < -0.4 is 11.5 Å². The van der Waals surface area contributed by atoms with E-state index in [1.807, 2.05) is 32.0 Å². The fraction of sp³-hybridized carbons (Fsp3) is 0.417. The van der Waals surface area contributed by atoms with Gasteiger partial charge < -0.3 is 11.5 Å². The van der Waals surface area contributed by atoms with Gasteiger partial charge in [0.15, 0.2) is 0 Å². The molecular weight excluding hydrogens is 186 g/mol. The van der Waals surface area contributed by atoms with E-state index in [-0.39, 0.29) is 5.54 Å². The van der Waals surface area contributed by atoms with Crippen molar-refractivity contribution in [3.8, 4) is 6.07 Å². The van der Waals surface area contributed by atoms with Gasteiger partial charge in [0.05, 0.1) is 11.6 Å². The van der Waals surface area contributed by atoms with E-state index in [1.165, 1.54) is 0 Å². The summed E-state index contributed by atoms with van der Waals surface area (Å²) in [5.74, 6) is 0. The lowest BCUT2D eigenvalue weighted by Gasteiger charge is -2.19. The molecule has 1 aromatic carbocycles. The summed E-state index contributed by atoms with van der Waals surface area (Å²) in [5, 5.41) is 8.96. The van der Waals surface area contributed by atoms with Crippen molar-refractivity contribution in [3.63, 3.8) is 0 Å². The Morgan fingerprint density at radius 2 is 2.07 bits per heavy atom. The Morgan fingerprint density at radius 3 is 2.53 bits per heavy atom. The lowest BCUT2D eigenvalue weighted by molar-refractivity contribution is 0.516. The second-order valence-electron chi connectivity index (χ2n) is 4.47. The molecule has 1 rings (SSSR count).